The third kappa shape index (κ3) is 3.10. The number of halogens is 3. The van der Waals surface area contributed by atoms with Gasteiger partial charge in [0.15, 0.2) is 0 Å². The molecular weight excluding hydrogens is 292 g/mol. The van der Waals surface area contributed by atoms with Crippen LogP contribution in [0.1, 0.15) is 5.56 Å². The number of nitrogen functional groups attached to an aromatic ring is 1. The molecule has 0 atom stereocenters. The van der Waals surface area contributed by atoms with Crippen molar-refractivity contribution in [2.24, 2.45) is 0 Å². The lowest BCUT2D eigenvalue weighted by Crippen LogP contribution is -1.90. The van der Waals surface area contributed by atoms with Crippen molar-refractivity contribution < 1.29 is 4.39 Å². The standard InChI is InChI=1S/C13H10Cl2FNS/c14-10-3-1-2-8(13(10)15)7-18-9-4-5-12(17)11(16)6-9/h1-6H,7,17H2. The molecule has 0 heterocycles. The Hall–Kier alpha value is -0.900. The first-order valence-corrected chi connectivity index (χ1v) is 6.93. The summed E-state index contributed by atoms with van der Waals surface area (Å²) < 4.78 is 13.3. The second kappa shape index (κ2) is 5.83. The third-order valence-corrected chi connectivity index (χ3v) is 4.30. The molecule has 2 N–H and O–H groups in total. The van der Waals surface area contributed by atoms with E-state index in [1.54, 1.807) is 18.2 Å². The Morgan fingerprint density at radius 1 is 1.17 bits per heavy atom. The lowest BCUT2D eigenvalue weighted by Gasteiger charge is -2.06. The molecule has 0 spiro atoms. The van der Waals surface area contributed by atoms with Crippen molar-refractivity contribution in [3.63, 3.8) is 0 Å². The van der Waals surface area contributed by atoms with Crippen molar-refractivity contribution in [2.45, 2.75) is 10.6 Å². The van der Waals surface area contributed by atoms with Crippen molar-refractivity contribution in [3.8, 4) is 0 Å². The number of hydrogen-bond acceptors (Lipinski definition) is 2. The molecule has 0 saturated carbocycles. The van der Waals surface area contributed by atoms with Crippen LogP contribution in [0, 0.1) is 5.82 Å². The summed E-state index contributed by atoms with van der Waals surface area (Å²) >= 11 is 13.5. The van der Waals surface area contributed by atoms with Crippen molar-refractivity contribution in [3.05, 3.63) is 57.8 Å². The van der Waals surface area contributed by atoms with Crippen molar-refractivity contribution in [1.29, 1.82) is 0 Å². The number of thioether (sulfide) groups is 1. The van der Waals surface area contributed by atoms with E-state index in [-0.39, 0.29) is 5.69 Å². The first kappa shape index (κ1) is 13.5. The number of benzene rings is 2. The third-order valence-electron chi connectivity index (χ3n) is 2.40. The van der Waals surface area contributed by atoms with Crippen LogP contribution in [-0.4, -0.2) is 0 Å². The molecule has 0 bridgehead atoms. The van der Waals surface area contributed by atoms with Crippen LogP contribution in [0.5, 0.6) is 0 Å². The summed E-state index contributed by atoms with van der Waals surface area (Å²) in [6, 6.07) is 10.2. The van der Waals surface area contributed by atoms with Gasteiger partial charge in [0.05, 0.1) is 15.7 Å². The molecule has 2 aromatic rings. The average Bonchev–Trinajstić information content (AvgIpc) is 2.35. The molecule has 1 nitrogen and oxygen atoms in total. The van der Waals surface area contributed by atoms with Crippen LogP contribution in [0.4, 0.5) is 10.1 Å². The Morgan fingerprint density at radius 3 is 2.67 bits per heavy atom. The molecule has 0 aliphatic heterocycles. The molecule has 18 heavy (non-hydrogen) atoms. The predicted molar refractivity (Wildman–Crippen MR) is 76.8 cm³/mol. The first-order chi connectivity index (χ1) is 8.58. The number of rotatable bonds is 3. The maximum absolute atomic E-state index is 13.3. The highest BCUT2D eigenvalue weighted by atomic mass is 35.5. The minimum absolute atomic E-state index is 0.153. The highest BCUT2D eigenvalue weighted by molar-refractivity contribution is 7.98. The van der Waals surface area contributed by atoms with Gasteiger partial charge in [-0.25, -0.2) is 4.39 Å². The molecule has 0 radical (unpaired) electrons. The van der Waals surface area contributed by atoms with Gasteiger partial charge in [-0.15, -0.1) is 11.8 Å². The monoisotopic (exact) mass is 301 g/mol. The van der Waals surface area contributed by atoms with E-state index in [2.05, 4.69) is 0 Å². The Bertz CT molecular complexity index is 575. The summed E-state index contributed by atoms with van der Waals surface area (Å²) in [6.45, 7) is 0. The molecule has 0 amide bonds. The van der Waals surface area contributed by atoms with E-state index in [1.807, 2.05) is 12.1 Å². The zero-order valence-electron chi connectivity index (χ0n) is 9.29. The Kier molecular flexibility index (Phi) is 4.38. The van der Waals surface area contributed by atoms with Gasteiger partial charge in [-0.3, -0.25) is 0 Å². The zero-order valence-corrected chi connectivity index (χ0v) is 11.6. The van der Waals surface area contributed by atoms with Gasteiger partial charge in [-0.2, -0.15) is 0 Å². The van der Waals surface area contributed by atoms with Gasteiger partial charge in [-0.1, -0.05) is 35.3 Å². The molecule has 2 aromatic carbocycles. The van der Waals surface area contributed by atoms with Crippen molar-refractivity contribution in [2.75, 3.05) is 5.73 Å². The number of nitrogens with two attached hydrogens (primary N) is 1. The molecule has 5 heteroatoms. The highest BCUT2D eigenvalue weighted by Gasteiger charge is 2.06. The van der Waals surface area contributed by atoms with Crippen LogP contribution in [-0.2, 0) is 5.75 Å². The van der Waals surface area contributed by atoms with E-state index in [0.29, 0.717) is 15.8 Å². The summed E-state index contributed by atoms with van der Waals surface area (Å²) in [7, 11) is 0. The Labute approximate surface area is 119 Å². The predicted octanol–water partition coefficient (Wildman–Crippen LogP) is 5.01. The van der Waals surface area contributed by atoms with Gasteiger partial charge >= 0.3 is 0 Å². The first-order valence-electron chi connectivity index (χ1n) is 5.18. The largest absolute Gasteiger partial charge is 0.396 e. The smallest absolute Gasteiger partial charge is 0.147 e. The quantitative estimate of drug-likeness (QED) is 0.637. The fourth-order valence-corrected chi connectivity index (χ4v) is 2.80. The Balaban J connectivity index is 2.11. The normalized spacial score (nSPS) is 10.6. The molecular formula is C13H10Cl2FNS. The minimum Gasteiger partial charge on any atom is -0.396 e. The van der Waals surface area contributed by atoms with E-state index in [0.717, 1.165) is 10.5 Å². The highest BCUT2D eigenvalue weighted by Crippen LogP contribution is 2.31. The van der Waals surface area contributed by atoms with E-state index in [9.17, 15) is 4.39 Å². The fraction of sp³-hybridized carbons (Fsp3) is 0.0769. The van der Waals surface area contributed by atoms with Crippen LogP contribution < -0.4 is 5.73 Å². The Morgan fingerprint density at radius 2 is 1.94 bits per heavy atom. The molecule has 2 rings (SSSR count). The summed E-state index contributed by atoms with van der Waals surface area (Å²) in [5.74, 6) is 0.222. The van der Waals surface area contributed by atoms with Gasteiger partial charge in [-0.05, 0) is 29.8 Å². The molecule has 0 unspecified atom stereocenters. The molecule has 0 saturated heterocycles. The van der Waals surface area contributed by atoms with Crippen molar-refractivity contribution in [1.82, 2.24) is 0 Å². The van der Waals surface area contributed by atoms with Gasteiger partial charge in [0.2, 0.25) is 0 Å². The summed E-state index contributed by atoms with van der Waals surface area (Å²) in [5, 5.41) is 1.07. The topological polar surface area (TPSA) is 26.0 Å². The van der Waals surface area contributed by atoms with Gasteiger partial charge < -0.3 is 5.73 Å². The lowest BCUT2D eigenvalue weighted by molar-refractivity contribution is 0.629. The number of anilines is 1. The summed E-state index contributed by atoms with van der Waals surface area (Å²) in [4.78, 5) is 0.803. The lowest BCUT2D eigenvalue weighted by atomic mass is 10.2. The maximum atomic E-state index is 13.3. The molecule has 0 aromatic heterocycles. The van der Waals surface area contributed by atoms with Crippen molar-refractivity contribution >= 4 is 40.7 Å². The van der Waals surface area contributed by atoms with Gasteiger partial charge in [0, 0.05) is 10.6 Å². The summed E-state index contributed by atoms with van der Waals surface area (Å²) in [6.07, 6.45) is 0. The van der Waals surface area contributed by atoms with Crippen LogP contribution in [0.3, 0.4) is 0 Å². The average molecular weight is 302 g/mol. The fourth-order valence-electron chi connectivity index (χ4n) is 1.42. The second-order valence-corrected chi connectivity index (χ2v) is 5.52. The zero-order chi connectivity index (χ0) is 13.1. The second-order valence-electron chi connectivity index (χ2n) is 3.68. The van der Waals surface area contributed by atoms with Crippen LogP contribution in [0.2, 0.25) is 10.0 Å². The van der Waals surface area contributed by atoms with Crippen LogP contribution in [0.25, 0.3) is 0 Å². The van der Waals surface area contributed by atoms with E-state index < -0.39 is 5.82 Å². The van der Waals surface area contributed by atoms with E-state index >= 15 is 0 Å². The molecule has 0 aliphatic carbocycles. The molecule has 0 fully saturated rings. The van der Waals surface area contributed by atoms with Crippen LogP contribution in [0.15, 0.2) is 41.3 Å². The number of hydrogen-bond donors (Lipinski definition) is 1. The van der Waals surface area contributed by atoms with Crippen LogP contribution >= 0.6 is 35.0 Å². The summed E-state index contributed by atoms with van der Waals surface area (Å²) in [5.41, 5.74) is 6.49. The minimum atomic E-state index is -0.405. The van der Waals surface area contributed by atoms with E-state index in [1.165, 1.54) is 17.8 Å². The molecule has 0 aliphatic rings. The van der Waals surface area contributed by atoms with Gasteiger partial charge in [0.1, 0.15) is 5.82 Å². The van der Waals surface area contributed by atoms with Gasteiger partial charge in [0.25, 0.3) is 0 Å². The molecule has 94 valence electrons. The SMILES string of the molecule is Nc1ccc(SCc2cccc(Cl)c2Cl)cc1F. The van der Waals surface area contributed by atoms with E-state index in [4.69, 9.17) is 28.9 Å². The maximum Gasteiger partial charge on any atom is 0.147 e.